The molecule has 6 heteroatoms. The summed E-state index contributed by atoms with van der Waals surface area (Å²) in [6.07, 6.45) is 0.799. The molecule has 0 radical (unpaired) electrons. The van der Waals surface area contributed by atoms with Crippen molar-refractivity contribution < 1.29 is 9.66 Å². The number of hydrogen-bond acceptors (Lipinski definition) is 4. The number of nitro groups is 1. The summed E-state index contributed by atoms with van der Waals surface area (Å²) < 4.78 is 6.18. The number of ether oxygens (including phenoxy) is 1. The van der Waals surface area contributed by atoms with Gasteiger partial charge in [-0.3, -0.25) is 10.1 Å². The smallest absolute Gasteiger partial charge is 0.311 e. The fourth-order valence-electron chi connectivity index (χ4n) is 1.30. The van der Waals surface area contributed by atoms with Gasteiger partial charge in [0.15, 0.2) is 5.75 Å². The van der Waals surface area contributed by atoms with Crippen LogP contribution in [0.5, 0.6) is 5.75 Å². The van der Waals surface area contributed by atoms with Crippen molar-refractivity contribution in [2.75, 3.05) is 18.5 Å². The van der Waals surface area contributed by atoms with Crippen LogP contribution >= 0.6 is 15.9 Å². The molecule has 0 atom stereocenters. The van der Waals surface area contributed by atoms with E-state index in [1.807, 2.05) is 6.92 Å². The van der Waals surface area contributed by atoms with Crippen LogP contribution < -0.4 is 10.1 Å². The fraction of sp³-hybridized carbons (Fsp3) is 0.333. The molecule has 0 heterocycles. The van der Waals surface area contributed by atoms with Gasteiger partial charge in [-0.05, 0) is 12.5 Å². The molecule has 0 bridgehead atoms. The highest BCUT2D eigenvalue weighted by molar-refractivity contribution is 9.11. The molecular formula is C12H15BrN2O3. The van der Waals surface area contributed by atoms with Crippen LogP contribution in [0.25, 0.3) is 0 Å². The minimum Gasteiger partial charge on any atom is -0.487 e. The van der Waals surface area contributed by atoms with Crippen molar-refractivity contribution in [3.63, 3.8) is 0 Å². The van der Waals surface area contributed by atoms with E-state index in [0.29, 0.717) is 13.2 Å². The molecular weight excluding hydrogens is 300 g/mol. The fourth-order valence-corrected chi connectivity index (χ4v) is 1.44. The van der Waals surface area contributed by atoms with E-state index in [0.717, 1.165) is 16.6 Å². The second-order valence-electron chi connectivity index (χ2n) is 3.66. The van der Waals surface area contributed by atoms with Crippen molar-refractivity contribution >= 4 is 27.3 Å². The lowest BCUT2D eigenvalue weighted by atomic mass is 10.2. The molecule has 0 aliphatic heterocycles. The van der Waals surface area contributed by atoms with Crippen LogP contribution in [0.3, 0.4) is 0 Å². The van der Waals surface area contributed by atoms with Gasteiger partial charge in [0.25, 0.3) is 0 Å². The van der Waals surface area contributed by atoms with E-state index in [1.54, 1.807) is 12.1 Å². The van der Waals surface area contributed by atoms with Crippen molar-refractivity contribution in [3.05, 3.63) is 39.4 Å². The zero-order valence-corrected chi connectivity index (χ0v) is 11.7. The van der Waals surface area contributed by atoms with E-state index in [9.17, 15) is 10.1 Å². The van der Waals surface area contributed by atoms with E-state index >= 15 is 0 Å². The standard InChI is InChI=1S/C12H15BrN2O3/c1-3-6-18-12-7-10(14-8-9(2)13)4-5-11(12)15(16)17/h4-5,7,14H,2-3,6,8H2,1H3. The van der Waals surface area contributed by atoms with Gasteiger partial charge in [-0.25, -0.2) is 0 Å². The number of benzene rings is 1. The van der Waals surface area contributed by atoms with Crippen LogP contribution in [0.15, 0.2) is 29.3 Å². The molecule has 1 N–H and O–H groups in total. The molecule has 0 saturated carbocycles. The SMILES string of the molecule is C=C(Br)CNc1ccc([N+](=O)[O-])c(OCCC)c1. The van der Waals surface area contributed by atoms with E-state index in [1.165, 1.54) is 6.07 Å². The van der Waals surface area contributed by atoms with Gasteiger partial charge in [0.1, 0.15) is 0 Å². The van der Waals surface area contributed by atoms with Crippen molar-refractivity contribution in [1.82, 2.24) is 0 Å². The Bertz CT molecular complexity index is 449. The molecule has 1 aromatic carbocycles. The van der Waals surface area contributed by atoms with Crippen LogP contribution in [0, 0.1) is 10.1 Å². The number of hydrogen-bond donors (Lipinski definition) is 1. The van der Waals surface area contributed by atoms with Crippen molar-refractivity contribution in [1.29, 1.82) is 0 Å². The predicted octanol–water partition coefficient (Wildman–Crippen LogP) is 3.70. The molecule has 1 rings (SSSR count). The van der Waals surface area contributed by atoms with Crippen LogP contribution in [0.1, 0.15) is 13.3 Å². The third-order valence-electron chi connectivity index (χ3n) is 2.10. The van der Waals surface area contributed by atoms with Crippen molar-refractivity contribution in [2.45, 2.75) is 13.3 Å². The third kappa shape index (κ3) is 4.37. The highest BCUT2D eigenvalue weighted by Crippen LogP contribution is 2.30. The Morgan fingerprint density at radius 3 is 2.89 bits per heavy atom. The summed E-state index contributed by atoms with van der Waals surface area (Å²) in [7, 11) is 0. The van der Waals surface area contributed by atoms with Gasteiger partial charge >= 0.3 is 5.69 Å². The molecule has 0 amide bonds. The van der Waals surface area contributed by atoms with Gasteiger partial charge in [-0.1, -0.05) is 29.4 Å². The Hall–Kier alpha value is -1.56. The molecule has 1 aromatic rings. The van der Waals surface area contributed by atoms with E-state index in [-0.39, 0.29) is 11.4 Å². The van der Waals surface area contributed by atoms with Crippen LogP contribution in [-0.4, -0.2) is 18.1 Å². The normalized spacial score (nSPS) is 9.89. The topological polar surface area (TPSA) is 64.4 Å². The summed E-state index contributed by atoms with van der Waals surface area (Å²) in [5.41, 5.74) is 0.735. The highest BCUT2D eigenvalue weighted by atomic mass is 79.9. The van der Waals surface area contributed by atoms with E-state index in [4.69, 9.17) is 4.74 Å². The van der Waals surface area contributed by atoms with Gasteiger partial charge in [0, 0.05) is 28.8 Å². The Kier molecular flexibility index (Phi) is 5.64. The first-order valence-electron chi connectivity index (χ1n) is 5.53. The van der Waals surface area contributed by atoms with Crippen LogP contribution in [0.4, 0.5) is 11.4 Å². The summed E-state index contributed by atoms with van der Waals surface area (Å²) >= 11 is 3.23. The van der Waals surface area contributed by atoms with Crippen molar-refractivity contribution in [3.8, 4) is 5.75 Å². The Balaban J connectivity index is 2.89. The Labute approximate surface area is 114 Å². The first-order valence-corrected chi connectivity index (χ1v) is 6.32. The first kappa shape index (κ1) is 14.5. The molecule has 18 heavy (non-hydrogen) atoms. The summed E-state index contributed by atoms with van der Waals surface area (Å²) in [6, 6.07) is 4.71. The lowest BCUT2D eigenvalue weighted by molar-refractivity contribution is -0.385. The molecule has 0 aromatic heterocycles. The number of halogens is 1. The molecule has 0 unspecified atom stereocenters. The maximum absolute atomic E-state index is 10.8. The summed E-state index contributed by atoms with van der Waals surface area (Å²) in [5.74, 6) is 0.284. The number of nitrogens with one attached hydrogen (secondary N) is 1. The number of rotatable bonds is 7. The second-order valence-corrected chi connectivity index (χ2v) is 4.78. The van der Waals surface area contributed by atoms with Crippen LogP contribution in [-0.2, 0) is 0 Å². The molecule has 0 aliphatic carbocycles. The summed E-state index contributed by atoms with van der Waals surface area (Å²) in [5, 5.41) is 13.9. The van der Waals surface area contributed by atoms with Gasteiger partial charge in [-0.15, -0.1) is 0 Å². The van der Waals surface area contributed by atoms with E-state index in [2.05, 4.69) is 27.8 Å². The second kappa shape index (κ2) is 7.00. The van der Waals surface area contributed by atoms with Gasteiger partial charge in [0.05, 0.1) is 11.5 Å². The molecule has 0 aliphatic rings. The summed E-state index contributed by atoms with van der Waals surface area (Å²) in [6.45, 7) is 6.65. The number of anilines is 1. The lowest BCUT2D eigenvalue weighted by Crippen LogP contribution is -2.03. The van der Waals surface area contributed by atoms with Gasteiger partial charge in [0.2, 0.25) is 0 Å². The Morgan fingerprint density at radius 2 is 2.33 bits per heavy atom. The average molecular weight is 315 g/mol. The zero-order valence-electron chi connectivity index (χ0n) is 10.1. The maximum atomic E-state index is 10.8. The van der Waals surface area contributed by atoms with Gasteiger partial charge < -0.3 is 10.1 Å². The lowest BCUT2D eigenvalue weighted by Gasteiger charge is -2.09. The molecule has 98 valence electrons. The molecule has 0 saturated heterocycles. The quantitative estimate of drug-likeness (QED) is 0.615. The highest BCUT2D eigenvalue weighted by Gasteiger charge is 2.15. The predicted molar refractivity (Wildman–Crippen MR) is 75.4 cm³/mol. The number of nitrogens with zero attached hydrogens (tertiary/aromatic N) is 1. The van der Waals surface area contributed by atoms with Crippen LogP contribution in [0.2, 0.25) is 0 Å². The molecule has 5 nitrogen and oxygen atoms in total. The average Bonchev–Trinajstić information content (AvgIpc) is 2.33. The minimum atomic E-state index is -0.446. The molecule has 0 fully saturated rings. The zero-order chi connectivity index (χ0) is 13.5. The molecule has 0 spiro atoms. The maximum Gasteiger partial charge on any atom is 0.311 e. The largest absolute Gasteiger partial charge is 0.487 e. The van der Waals surface area contributed by atoms with E-state index < -0.39 is 4.92 Å². The monoisotopic (exact) mass is 314 g/mol. The first-order chi connectivity index (χ1) is 8.54. The number of nitro benzene ring substituents is 1. The minimum absolute atomic E-state index is 0.0216. The third-order valence-corrected chi connectivity index (χ3v) is 2.38. The Morgan fingerprint density at radius 1 is 1.61 bits per heavy atom. The van der Waals surface area contributed by atoms with Gasteiger partial charge in [-0.2, -0.15) is 0 Å². The van der Waals surface area contributed by atoms with Crippen molar-refractivity contribution in [2.24, 2.45) is 0 Å². The summed E-state index contributed by atoms with van der Waals surface area (Å²) in [4.78, 5) is 10.4.